The molecule has 1 saturated heterocycles. The van der Waals surface area contributed by atoms with Crippen LogP contribution in [-0.2, 0) is 9.53 Å². The van der Waals surface area contributed by atoms with Gasteiger partial charge in [-0.3, -0.25) is 10.1 Å². The van der Waals surface area contributed by atoms with E-state index in [0.717, 1.165) is 0 Å². The molecule has 1 aromatic heterocycles. The largest absolute Gasteiger partial charge is 0.383 e. The van der Waals surface area contributed by atoms with Crippen molar-refractivity contribution in [3.63, 3.8) is 0 Å². The number of thiophene rings is 1. The Morgan fingerprint density at radius 3 is 2.74 bits per heavy atom. The number of rotatable bonds is 5. The number of carbonyl (C=O) groups excluding carboxylic acids is 1. The zero-order valence-corrected chi connectivity index (χ0v) is 12.7. The van der Waals surface area contributed by atoms with E-state index in [9.17, 15) is 4.79 Å². The van der Waals surface area contributed by atoms with Gasteiger partial charge in [0.1, 0.15) is 6.17 Å². The van der Waals surface area contributed by atoms with Crippen LogP contribution in [0, 0.1) is 5.92 Å². The molecule has 0 spiro atoms. The molecule has 0 saturated carbocycles. The minimum absolute atomic E-state index is 0.0231. The summed E-state index contributed by atoms with van der Waals surface area (Å²) < 4.78 is 5.21. The first kappa shape index (κ1) is 14.5. The third kappa shape index (κ3) is 2.83. The Labute approximate surface area is 118 Å². The first-order chi connectivity index (χ1) is 9.06. The highest BCUT2D eigenvalue weighted by atomic mass is 32.1. The zero-order valence-electron chi connectivity index (χ0n) is 11.9. The second-order valence-electron chi connectivity index (χ2n) is 5.36. The summed E-state index contributed by atoms with van der Waals surface area (Å²) in [5.41, 5.74) is 0. The van der Waals surface area contributed by atoms with Gasteiger partial charge in [-0.15, -0.1) is 11.3 Å². The van der Waals surface area contributed by atoms with Crippen LogP contribution in [0.1, 0.15) is 31.8 Å². The lowest BCUT2D eigenvalue weighted by Crippen LogP contribution is -2.41. The van der Waals surface area contributed by atoms with E-state index in [1.165, 1.54) is 4.88 Å². The van der Waals surface area contributed by atoms with E-state index in [0.29, 0.717) is 6.61 Å². The van der Waals surface area contributed by atoms with Crippen LogP contribution in [0.15, 0.2) is 17.5 Å². The smallest absolute Gasteiger partial charge is 0.241 e. The average Bonchev–Trinajstić information content (AvgIpc) is 2.95. The van der Waals surface area contributed by atoms with Gasteiger partial charge >= 0.3 is 0 Å². The monoisotopic (exact) mass is 282 g/mol. The van der Waals surface area contributed by atoms with Gasteiger partial charge in [-0.2, -0.15) is 0 Å². The van der Waals surface area contributed by atoms with Gasteiger partial charge in [0.2, 0.25) is 5.91 Å². The topological polar surface area (TPSA) is 41.6 Å². The molecule has 4 nitrogen and oxygen atoms in total. The molecule has 1 aliphatic rings. The minimum atomic E-state index is -0.105. The highest BCUT2D eigenvalue weighted by molar-refractivity contribution is 7.10. The number of methoxy groups -OCH3 is 1. The molecule has 0 radical (unpaired) electrons. The third-order valence-electron chi connectivity index (χ3n) is 3.50. The fraction of sp³-hybridized carbons (Fsp3) is 0.643. The molecule has 1 aliphatic heterocycles. The molecule has 19 heavy (non-hydrogen) atoms. The summed E-state index contributed by atoms with van der Waals surface area (Å²) in [4.78, 5) is 15.7. The number of hydrogen-bond acceptors (Lipinski definition) is 4. The Bertz CT molecular complexity index is 419. The van der Waals surface area contributed by atoms with Crippen molar-refractivity contribution in [2.24, 2.45) is 5.92 Å². The number of nitrogens with one attached hydrogen (secondary N) is 1. The summed E-state index contributed by atoms with van der Waals surface area (Å²) in [5, 5.41) is 5.51. The molecule has 0 bridgehead atoms. The molecule has 1 amide bonds. The van der Waals surface area contributed by atoms with E-state index >= 15 is 0 Å². The van der Waals surface area contributed by atoms with Gasteiger partial charge in [-0.05, 0) is 24.3 Å². The SMILES string of the molecule is COCC(C)N1C(=O)C(C(C)C)NC1c1cccs1. The van der Waals surface area contributed by atoms with Crippen molar-refractivity contribution in [3.05, 3.63) is 22.4 Å². The van der Waals surface area contributed by atoms with Gasteiger partial charge in [0.15, 0.2) is 0 Å². The molecule has 0 aliphatic carbocycles. The predicted molar refractivity (Wildman–Crippen MR) is 77.0 cm³/mol. The quantitative estimate of drug-likeness (QED) is 0.900. The number of ether oxygens (including phenoxy) is 1. The van der Waals surface area contributed by atoms with Crippen molar-refractivity contribution < 1.29 is 9.53 Å². The van der Waals surface area contributed by atoms with Crippen LogP contribution in [0.4, 0.5) is 0 Å². The second kappa shape index (κ2) is 6.03. The van der Waals surface area contributed by atoms with Crippen LogP contribution in [-0.4, -0.2) is 36.6 Å². The Hall–Kier alpha value is -0.910. The first-order valence-electron chi connectivity index (χ1n) is 6.66. The maximum absolute atomic E-state index is 12.6. The normalized spacial score (nSPS) is 25.3. The fourth-order valence-electron chi connectivity index (χ4n) is 2.55. The molecule has 5 heteroatoms. The number of amides is 1. The summed E-state index contributed by atoms with van der Waals surface area (Å²) >= 11 is 1.68. The summed E-state index contributed by atoms with van der Waals surface area (Å²) in [5.74, 6) is 0.465. The van der Waals surface area contributed by atoms with E-state index < -0.39 is 0 Å². The van der Waals surface area contributed by atoms with Crippen LogP contribution < -0.4 is 5.32 Å². The van der Waals surface area contributed by atoms with Gasteiger partial charge in [-0.25, -0.2) is 0 Å². The summed E-state index contributed by atoms with van der Waals surface area (Å²) in [6.07, 6.45) is -0.0231. The minimum Gasteiger partial charge on any atom is -0.383 e. The summed E-state index contributed by atoms with van der Waals surface area (Å²) in [7, 11) is 1.67. The van der Waals surface area contributed by atoms with Gasteiger partial charge in [-0.1, -0.05) is 19.9 Å². The Balaban J connectivity index is 2.26. The maximum atomic E-state index is 12.6. The van der Waals surface area contributed by atoms with E-state index in [1.54, 1.807) is 18.4 Å². The Morgan fingerprint density at radius 2 is 2.21 bits per heavy atom. The molecule has 1 aromatic rings. The van der Waals surface area contributed by atoms with Crippen LogP contribution in [0.5, 0.6) is 0 Å². The van der Waals surface area contributed by atoms with E-state index in [4.69, 9.17) is 4.74 Å². The molecule has 0 aromatic carbocycles. The lowest BCUT2D eigenvalue weighted by molar-refractivity contribution is -0.133. The van der Waals surface area contributed by atoms with Gasteiger partial charge in [0.05, 0.1) is 18.7 Å². The molecule has 2 heterocycles. The molecule has 3 unspecified atom stereocenters. The van der Waals surface area contributed by atoms with Crippen molar-refractivity contribution in [2.45, 2.75) is 39.0 Å². The van der Waals surface area contributed by atoms with Gasteiger partial charge in [0.25, 0.3) is 0 Å². The van der Waals surface area contributed by atoms with E-state index in [1.807, 2.05) is 23.3 Å². The second-order valence-corrected chi connectivity index (χ2v) is 6.34. The Kier molecular flexibility index (Phi) is 4.60. The number of carbonyl (C=O) groups is 1. The first-order valence-corrected chi connectivity index (χ1v) is 7.54. The molecule has 3 atom stereocenters. The highest BCUT2D eigenvalue weighted by Gasteiger charge is 2.43. The average molecular weight is 282 g/mol. The lowest BCUT2D eigenvalue weighted by atomic mass is 10.0. The maximum Gasteiger partial charge on any atom is 0.241 e. The molecular weight excluding hydrogens is 260 g/mol. The standard InChI is InChI=1S/C14H22N2O2S/c1-9(2)12-14(17)16(10(3)8-18-4)13(15-12)11-6-5-7-19-11/h5-7,9-10,12-13,15H,8H2,1-4H3. The predicted octanol–water partition coefficient (Wildman–Crippen LogP) is 2.24. The third-order valence-corrected chi connectivity index (χ3v) is 4.42. The van der Waals surface area contributed by atoms with Crippen molar-refractivity contribution >= 4 is 17.2 Å². The van der Waals surface area contributed by atoms with Crippen molar-refractivity contribution in [2.75, 3.05) is 13.7 Å². The summed E-state index contributed by atoms with van der Waals surface area (Å²) in [6.45, 7) is 6.74. The molecule has 1 N–H and O–H groups in total. The zero-order chi connectivity index (χ0) is 14.0. The fourth-order valence-corrected chi connectivity index (χ4v) is 3.33. The van der Waals surface area contributed by atoms with Crippen LogP contribution >= 0.6 is 11.3 Å². The molecule has 106 valence electrons. The molecular formula is C14H22N2O2S. The van der Waals surface area contributed by atoms with Crippen molar-refractivity contribution in [3.8, 4) is 0 Å². The van der Waals surface area contributed by atoms with Gasteiger partial charge in [0, 0.05) is 12.0 Å². The van der Waals surface area contributed by atoms with Crippen LogP contribution in [0.2, 0.25) is 0 Å². The van der Waals surface area contributed by atoms with Gasteiger partial charge < -0.3 is 9.64 Å². The van der Waals surface area contributed by atoms with E-state index in [-0.39, 0.29) is 30.1 Å². The lowest BCUT2D eigenvalue weighted by Gasteiger charge is -2.29. The van der Waals surface area contributed by atoms with Crippen molar-refractivity contribution in [1.82, 2.24) is 10.2 Å². The number of nitrogens with zero attached hydrogens (tertiary/aromatic N) is 1. The van der Waals surface area contributed by atoms with Crippen molar-refractivity contribution in [1.29, 1.82) is 0 Å². The highest BCUT2D eigenvalue weighted by Crippen LogP contribution is 2.32. The van der Waals surface area contributed by atoms with Crippen LogP contribution in [0.25, 0.3) is 0 Å². The van der Waals surface area contributed by atoms with E-state index in [2.05, 4.69) is 25.2 Å². The number of hydrogen-bond donors (Lipinski definition) is 1. The molecule has 2 rings (SSSR count). The van der Waals surface area contributed by atoms with Crippen LogP contribution in [0.3, 0.4) is 0 Å². The Morgan fingerprint density at radius 1 is 1.47 bits per heavy atom. The summed E-state index contributed by atoms with van der Waals surface area (Å²) in [6, 6.07) is 4.06. The molecule has 1 fully saturated rings.